The Bertz CT molecular complexity index is 373. The lowest BCUT2D eigenvalue weighted by molar-refractivity contribution is 0.0833. The SMILES string of the molecule is CCN(CC)c1ncc(CNC(C)C2CCCO2)s1. The van der Waals surface area contributed by atoms with E-state index in [0.717, 1.165) is 31.4 Å². The van der Waals surface area contributed by atoms with Gasteiger partial charge in [-0.15, -0.1) is 11.3 Å². The van der Waals surface area contributed by atoms with Gasteiger partial charge in [0.2, 0.25) is 0 Å². The summed E-state index contributed by atoms with van der Waals surface area (Å²) in [5.74, 6) is 0. The van der Waals surface area contributed by atoms with E-state index in [4.69, 9.17) is 4.74 Å². The molecule has 1 N–H and O–H groups in total. The lowest BCUT2D eigenvalue weighted by atomic mass is 10.1. The lowest BCUT2D eigenvalue weighted by Gasteiger charge is -2.19. The van der Waals surface area contributed by atoms with Crippen LogP contribution >= 0.6 is 11.3 Å². The molecule has 1 aromatic heterocycles. The van der Waals surface area contributed by atoms with Gasteiger partial charge in [0.25, 0.3) is 0 Å². The topological polar surface area (TPSA) is 37.4 Å². The van der Waals surface area contributed by atoms with Crippen molar-refractivity contribution >= 4 is 16.5 Å². The smallest absolute Gasteiger partial charge is 0.185 e. The number of nitrogens with zero attached hydrogens (tertiary/aromatic N) is 2. The van der Waals surface area contributed by atoms with Crippen molar-refractivity contribution in [2.45, 2.75) is 52.3 Å². The van der Waals surface area contributed by atoms with Gasteiger partial charge < -0.3 is 15.0 Å². The van der Waals surface area contributed by atoms with Crippen LogP contribution in [-0.2, 0) is 11.3 Å². The number of rotatable bonds is 7. The third-order valence-electron chi connectivity index (χ3n) is 3.70. The first-order chi connectivity index (χ1) is 9.24. The molecular weight excluding hydrogens is 258 g/mol. The molecule has 1 fully saturated rings. The molecule has 1 aromatic rings. The summed E-state index contributed by atoms with van der Waals surface area (Å²) in [5.41, 5.74) is 0. The van der Waals surface area contributed by atoms with Gasteiger partial charge in [-0.1, -0.05) is 0 Å². The lowest BCUT2D eigenvalue weighted by Crippen LogP contribution is -2.36. The molecule has 2 heterocycles. The second kappa shape index (κ2) is 7.22. The zero-order chi connectivity index (χ0) is 13.7. The van der Waals surface area contributed by atoms with E-state index in [1.54, 1.807) is 11.3 Å². The molecule has 0 amide bonds. The van der Waals surface area contributed by atoms with Gasteiger partial charge in [-0.3, -0.25) is 0 Å². The van der Waals surface area contributed by atoms with Crippen LogP contribution in [0.1, 0.15) is 38.5 Å². The highest BCUT2D eigenvalue weighted by Crippen LogP contribution is 2.22. The van der Waals surface area contributed by atoms with E-state index < -0.39 is 0 Å². The minimum atomic E-state index is 0.384. The number of anilines is 1. The van der Waals surface area contributed by atoms with Crippen molar-refractivity contribution in [1.29, 1.82) is 0 Å². The minimum Gasteiger partial charge on any atom is -0.377 e. The van der Waals surface area contributed by atoms with Gasteiger partial charge in [0.1, 0.15) is 0 Å². The Morgan fingerprint density at radius 3 is 2.95 bits per heavy atom. The molecule has 108 valence electrons. The maximum atomic E-state index is 5.70. The second-order valence-corrected chi connectivity index (χ2v) is 6.10. The first-order valence-electron chi connectivity index (χ1n) is 7.29. The van der Waals surface area contributed by atoms with E-state index in [2.05, 4.69) is 36.0 Å². The zero-order valence-corrected chi connectivity index (χ0v) is 13.0. The second-order valence-electron chi connectivity index (χ2n) is 5.00. The Hall–Kier alpha value is -0.650. The van der Waals surface area contributed by atoms with Crippen LogP contribution in [0.25, 0.3) is 0 Å². The molecule has 1 aliphatic rings. The molecule has 1 aliphatic heterocycles. The Balaban J connectivity index is 1.82. The molecule has 2 atom stereocenters. The normalized spacial score (nSPS) is 20.7. The van der Waals surface area contributed by atoms with Crippen LogP contribution < -0.4 is 10.2 Å². The van der Waals surface area contributed by atoms with Crippen molar-refractivity contribution < 1.29 is 4.74 Å². The van der Waals surface area contributed by atoms with E-state index in [-0.39, 0.29) is 0 Å². The van der Waals surface area contributed by atoms with Gasteiger partial charge >= 0.3 is 0 Å². The fraction of sp³-hybridized carbons (Fsp3) is 0.786. The van der Waals surface area contributed by atoms with Crippen molar-refractivity contribution in [3.8, 4) is 0 Å². The Labute approximate surface area is 120 Å². The van der Waals surface area contributed by atoms with E-state index in [0.29, 0.717) is 12.1 Å². The number of hydrogen-bond acceptors (Lipinski definition) is 5. The number of aromatic nitrogens is 1. The third kappa shape index (κ3) is 3.91. The fourth-order valence-corrected chi connectivity index (χ4v) is 3.40. The zero-order valence-electron chi connectivity index (χ0n) is 12.2. The van der Waals surface area contributed by atoms with Gasteiger partial charge in [0.15, 0.2) is 5.13 Å². The van der Waals surface area contributed by atoms with Gasteiger partial charge in [-0.2, -0.15) is 0 Å². The molecule has 2 unspecified atom stereocenters. The Morgan fingerprint density at radius 2 is 2.32 bits per heavy atom. The largest absolute Gasteiger partial charge is 0.377 e. The predicted octanol–water partition coefficient (Wildman–Crippen LogP) is 2.65. The van der Waals surface area contributed by atoms with Crippen LogP contribution in [0.2, 0.25) is 0 Å². The van der Waals surface area contributed by atoms with Crippen LogP contribution in [-0.4, -0.2) is 36.8 Å². The molecule has 0 aliphatic carbocycles. The highest BCUT2D eigenvalue weighted by Gasteiger charge is 2.21. The molecule has 19 heavy (non-hydrogen) atoms. The van der Waals surface area contributed by atoms with Crippen molar-refractivity contribution in [1.82, 2.24) is 10.3 Å². The highest BCUT2D eigenvalue weighted by atomic mass is 32.1. The molecule has 0 aromatic carbocycles. The van der Waals surface area contributed by atoms with Crippen molar-refractivity contribution in [2.24, 2.45) is 0 Å². The maximum Gasteiger partial charge on any atom is 0.185 e. The number of ether oxygens (including phenoxy) is 1. The summed E-state index contributed by atoms with van der Waals surface area (Å²) in [6.45, 7) is 10.4. The van der Waals surface area contributed by atoms with E-state index >= 15 is 0 Å². The maximum absolute atomic E-state index is 5.70. The fourth-order valence-electron chi connectivity index (χ4n) is 2.41. The first-order valence-corrected chi connectivity index (χ1v) is 8.10. The molecule has 5 heteroatoms. The summed E-state index contributed by atoms with van der Waals surface area (Å²) in [5, 5.41) is 4.69. The van der Waals surface area contributed by atoms with Crippen LogP contribution in [0.4, 0.5) is 5.13 Å². The molecule has 0 bridgehead atoms. The van der Waals surface area contributed by atoms with Crippen molar-refractivity contribution in [2.75, 3.05) is 24.6 Å². The number of nitrogens with one attached hydrogen (secondary N) is 1. The number of hydrogen-bond donors (Lipinski definition) is 1. The van der Waals surface area contributed by atoms with Crippen molar-refractivity contribution in [3.63, 3.8) is 0 Å². The Kier molecular flexibility index (Phi) is 5.60. The van der Waals surface area contributed by atoms with E-state index in [1.807, 2.05) is 6.20 Å². The van der Waals surface area contributed by atoms with Crippen LogP contribution in [0, 0.1) is 0 Å². The molecule has 0 radical (unpaired) electrons. The molecule has 0 saturated carbocycles. The minimum absolute atomic E-state index is 0.384. The molecular formula is C14H25N3OS. The highest BCUT2D eigenvalue weighted by molar-refractivity contribution is 7.15. The summed E-state index contributed by atoms with van der Waals surface area (Å²) in [4.78, 5) is 8.09. The molecule has 4 nitrogen and oxygen atoms in total. The van der Waals surface area contributed by atoms with Gasteiger partial charge in [0, 0.05) is 43.4 Å². The predicted molar refractivity (Wildman–Crippen MR) is 81.0 cm³/mol. The quantitative estimate of drug-likeness (QED) is 0.835. The van der Waals surface area contributed by atoms with Crippen LogP contribution in [0.15, 0.2) is 6.20 Å². The summed E-state index contributed by atoms with van der Waals surface area (Å²) >= 11 is 1.79. The third-order valence-corrected chi connectivity index (χ3v) is 4.75. The van der Waals surface area contributed by atoms with Crippen LogP contribution in [0.5, 0.6) is 0 Å². The summed E-state index contributed by atoms with van der Waals surface area (Å²) < 4.78 is 5.70. The molecule has 2 rings (SSSR count). The van der Waals surface area contributed by atoms with Crippen molar-refractivity contribution in [3.05, 3.63) is 11.1 Å². The summed E-state index contributed by atoms with van der Waals surface area (Å²) in [6.07, 6.45) is 4.76. The standard InChI is InChI=1S/C14H25N3OS/c1-4-17(5-2)14-16-10-12(19-14)9-15-11(3)13-7-6-8-18-13/h10-11,13,15H,4-9H2,1-3H3. The number of thiazole rings is 1. The average Bonchev–Trinajstić information content (AvgIpc) is 3.09. The monoisotopic (exact) mass is 283 g/mol. The van der Waals surface area contributed by atoms with Crippen LogP contribution in [0.3, 0.4) is 0 Å². The Morgan fingerprint density at radius 1 is 1.53 bits per heavy atom. The van der Waals surface area contributed by atoms with Gasteiger partial charge in [0.05, 0.1) is 6.10 Å². The van der Waals surface area contributed by atoms with Gasteiger partial charge in [-0.25, -0.2) is 4.98 Å². The van der Waals surface area contributed by atoms with E-state index in [1.165, 1.54) is 17.7 Å². The van der Waals surface area contributed by atoms with E-state index in [9.17, 15) is 0 Å². The first kappa shape index (κ1) is 14.8. The average molecular weight is 283 g/mol. The molecule has 0 spiro atoms. The van der Waals surface area contributed by atoms with Gasteiger partial charge in [-0.05, 0) is 33.6 Å². The summed E-state index contributed by atoms with van der Waals surface area (Å²) in [6, 6.07) is 0.418. The summed E-state index contributed by atoms with van der Waals surface area (Å²) in [7, 11) is 0. The molecule has 1 saturated heterocycles.